The summed E-state index contributed by atoms with van der Waals surface area (Å²) in [5.74, 6) is 1.05. The van der Waals surface area contributed by atoms with Gasteiger partial charge in [0.1, 0.15) is 0 Å². The van der Waals surface area contributed by atoms with E-state index in [1.54, 1.807) is 0 Å². The molecule has 12 heavy (non-hydrogen) atoms. The average Bonchev–Trinajstić information content (AvgIpc) is 2.35. The third kappa shape index (κ3) is 1.85. The smallest absolute Gasteiger partial charge is 0.220 e. The number of aromatic amines is 1. The van der Waals surface area contributed by atoms with Crippen molar-refractivity contribution in [3.8, 4) is 0 Å². The Balaban J connectivity index is 2.81. The van der Waals surface area contributed by atoms with E-state index in [1.165, 1.54) is 0 Å². The maximum absolute atomic E-state index is 5.60. The van der Waals surface area contributed by atoms with Crippen LogP contribution in [0.5, 0.6) is 0 Å². The van der Waals surface area contributed by atoms with E-state index in [2.05, 4.69) is 24.0 Å². The normalized spacial score (nSPS) is 13.2. The van der Waals surface area contributed by atoms with Gasteiger partial charge in [0.15, 0.2) is 4.77 Å². The van der Waals surface area contributed by atoms with E-state index >= 15 is 0 Å². The van der Waals surface area contributed by atoms with Crippen LogP contribution < -0.4 is 5.73 Å². The number of aromatic nitrogens is 3. The van der Waals surface area contributed by atoms with Crippen LogP contribution in [0.15, 0.2) is 0 Å². The number of nitrogen functional groups attached to an aromatic ring is 1. The van der Waals surface area contributed by atoms with Crippen LogP contribution in [0.2, 0.25) is 0 Å². The van der Waals surface area contributed by atoms with Crippen molar-refractivity contribution in [1.82, 2.24) is 14.8 Å². The SMILES string of the molecule is CCC(C)Cn1c(N)n[nH]c1=S. The van der Waals surface area contributed by atoms with Gasteiger partial charge in [-0.1, -0.05) is 20.3 Å². The first-order valence-corrected chi connectivity index (χ1v) is 4.46. The number of nitrogens with one attached hydrogen (secondary N) is 1. The molecule has 0 saturated carbocycles. The van der Waals surface area contributed by atoms with Crippen molar-refractivity contribution >= 4 is 18.2 Å². The summed E-state index contributed by atoms with van der Waals surface area (Å²) in [5, 5.41) is 6.48. The molecule has 0 fully saturated rings. The van der Waals surface area contributed by atoms with Crippen molar-refractivity contribution in [3.63, 3.8) is 0 Å². The molecular formula is C7H14N4S. The van der Waals surface area contributed by atoms with Gasteiger partial charge in [0.05, 0.1) is 0 Å². The molecule has 0 saturated heterocycles. The predicted octanol–water partition coefficient (Wildman–Crippen LogP) is 1.57. The minimum atomic E-state index is 0.473. The lowest BCUT2D eigenvalue weighted by molar-refractivity contribution is 0.468. The second-order valence-corrected chi connectivity index (χ2v) is 3.40. The summed E-state index contributed by atoms with van der Waals surface area (Å²) in [5.41, 5.74) is 5.60. The molecule has 0 aliphatic carbocycles. The van der Waals surface area contributed by atoms with Crippen molar-refractivity contribution in [2.45, 2.75) is 26.8 Å². The molecular weight excluding hydrogens is 172 g/mol. The number of rotatable bonds is 3. The Kier molecular flexibility index (Phi) is 2.86. The van der Waals surface area contributed by atoms with Gasteiger partial charge < -0.3 is 5.73 Å². The van der Waals surface area contributed by atoms with Crippen molar-refractivity contribution < 1.29 is 0 Å². The standard InChI is InChI=1S/C7H14N4S/c1-3-5(2)4-11-6(8)9-10-7(11)12/h5H,3-4H2,1-2H3,(H2,8,9)(H,10,12). The molecule has 3 N–H and O–H groups in total. The lowest BCUT2D eigenvalue weighted by Gasteiger charge is -2.08. The first kappa shape index (κ1) is 9.25. The highest BCUT2D eigenvalue weighted by molar-refractivity contribution is 7.71. The van der Waals surface area contributed by atoms with Gasteiger partial charge in [-0.3, -0.25) is 4.57 Å². The fraction of sp³-hybridized carbons (Fsp3) is 0.714. The molecule has 1 rings (SSSR count). The molecule has 0 bridgehead atoms. The lowest BCUT2D eigenvalue weighted by atomic mass is 10.1. The second-order valence-electron chi connectivity index (χ2n) is 3.01. The van der Waals surface area contributed by atoms with Crippen LogP contribution in [0.1, 0.15) is 20.3 Å². The maximum Gasteiger partial charge on any atom is 0.220 e. The molecule has 0 spiro atoms. The van der Waals surface area contributed by atoms with Gasteiger partial charge >= 0.3 is 0 Å². The van der Waals surface area contributed by atoms with Crippen LogP contribution in [0.25, 0.3) is 0 Å². The summed E-state index contributed by atoms with van der Waals surface area (Å²) < 4.78 is 2.43. The average molecular weight is 186 g/mol. The molecule has 0 aromatic carbocycles. The fourth-order valence-corrected chi connectivity index (χ4v) is 1.16. The van der Waals surface area contributed by atoms with Gasteiger partial charge in [-0.05, 0) is 18.1 Å². The number of hydrogen-bond donors (Lipinski definition) is 2. The van der Waals surface area contributed by atoms with Gasteiger partial charge in [-0.15, -0.1) is 5.10 Å². The van der Waals surface area contributed by atoms with Crippen LogP contribution in [-0.2, 0) is 6.54 Å². The Bertz CT molecular complexity index is 301. The van der Waals surface area contributed by atoms with Crippen molar-refractivity contribution in [3.05, 3.63) is 4.77 Å². The zero-order chi connectivity index (χ0) is 9.14. The molecule has 1 heterocycles. The quantitative estimate of drug-likeness (QED) is 0.704. The summed E-state index contributed by atoms with van der Waals surface area (Å²) >= 11 is 5.00. The predicted molar refractivity (Wildman–Crippen MR) is 51.3 cm³/mol. The highest BCUT2D eigenvalue weighted by atomic mass is 32.1. The molecule has 0 aliphatic rings. The van der Waals surface area contributed by atoms with Gasteiger partial charge in [0.2, 0.25) is 5.95 Å². The summed E-state index contributed by atoms with van der Waals surface area (Å²) in [6.07, 6.45) is 1.12. The Labute approximate surface area is 76.8 Å². The molecule has 1 unspecified atom stereocenters. The van der Waals surface area contributed by atoms with Gasteiger partial charge in [0.25, 0.3) is 0 Å². The van der Waals surface area contributed by atoms with Crippen LogP contribution in [-0.4, -0.2) is 14.8 Å². The van der Waals surface area contributed by atoms with Crippen LogP contribution in [0, 0.1) is 10.7 Å². The molecule has 1 aromatic heterocycles. The monoisotopic (exact) mass is 186 g/mol. The first-order chi connectivity index (χ1) is 5.65. The first-order valence-electron chi connectivity index (χ1n) is 4.05. The van der Waals surface area contributed by atoms with Gasteiger partial charge in [-0.25, -0.2) is 5.10 Å². The number of H-pyrrole nitrogens is 1. The molecule has 0 radical (unpaired) electrons. The number of nitrogens with two attached hydrogens (primary N) is 1. The van der Waals surface area contributed by atoms with Gasteiger partial charge in [-0.2, -0.15) is 0 Å². The molecule has 4 nitrogen and oxygen atoms in total. The van der Waals surface area contributed by atoms with Crippen LogP contribution in [0.4, 0.5) is 5.95 Å². The Hall–Kier alpha value is -0.840. The zero-order valence-corrected chi connectivity index (χ0v) is 8.19. The minimum absolute atomic E-state index is 0.473. The topological polar surface area (TPSA) is 59.6 Å². The van der Waals surface area contributed by atoms with E-state index in [-0.39, 0.29) is 0 Å². The largest absolute Gasteiger partial charge is 0.368 e. The van der Waals surface area contributed by atoms with E-state index in [0.29, 0.717) is 16.6 Å². The molecule has 5 heteroatoms. The molecule has 68 valence electrons. The molecule has 0 amide bonds. The maximum atomic E-state index is 5.60. The second kappa shape index (κ2) is 3.71. The summed E-state index contributed by atoms with van der Waals surface area (Å²) in [7, 11) is 0. The van der Waals surface area contributed by atoms with Gasteiger partial charge in [0, 0.05) is 6.54 Å². The third-order valence-corrected chi connectivity index (χ3v) is 2.29. The number of anilines is 1. The summed E-state index contributed by atoms with van der Waals surface area (Å²) in [6, 6.07) is 0. The van der Waals surface area contributed by atoms with E-state index in [1.807, 2.05) is 4.57 Å². The minimum Gasteiger partial charge on any atom is -0.368 e. The Morgan fingerprint density at radius 2 is 2.42 bits per heavy atom. The van der Waals surface area contributed by atoms with Crippen molar-refractivity contribution in [1.29, 1.82) is 0 Å². The number of nitrogens with zero attached hydrogens (tertiary/aromatic N) is 2. The number of hydrogen-bond acceptors (Lipinski definition) is 3. The highest BCUT2D eigenvalue weighted by Gasteiger charge is 2.05. The lowest BCUT2D eigenvalue weighted by Crippen LogP contribution is -2.09. The third-order valence-electron chi connectivity index (χ3n) is 1.98. The highest BCUT2D eigenvalue weighted by Crippen LogP contribution is 2.08. The van der Waals surface area contributed by atoms with Crippen LogP contribution >= 0.6 is 12.2 Å². The molecule has 1 atom stereocenters. The summed E-state index contributed by atoms with van der Waals surface area (Å²) in [4.78, 5) is 0. The van der Waals surface area contributed by atoms with Crippen molar-refractivity contribution in [2.75, 3.05) is 5.73 Å². The van der Waals surface area contributed by atoms with E-state index < -0.39 is 0 Å². The summed E-state index contributed by atoms with van der Waals surface area (Å²) in [6.45, 7) is 5.15. The molecule has 1 aromatic rings. The zero-order valence-electron chi connectivity index (χ0n) is 7.37. The van der Waals surface area contributed by atoms with Crippen LogP contribution in [0.3, 0.4) is 0 Å². The Morgan fingerprint density at radius 1 is 1.75 bits per heavy atom. The van der Waals surface area contributed by atoms with E-state index in [4.69, 9.17) is 18.0 Å². The Morgan fingerprint density at radius 3 is 2.83 bits per heavy atom. The van der Waals surface area contributed by atoms with E-state index in [0.717, 1.165) is 13.0 Å². The van der Waals surface area contributed by atoms with Crippen molar-refractivity contribution in [2.24, 2.45) is 5.92 Å². The fourth-order valence-electron chi connectivity index (χ4n) is 0.947. The van der Waals surface area contributed by atoms with E-state index in [9.17, 15) is 0 Å². The molecule has 0 aliphatic heterocycles.